The lowest BCUT2D eigenvalue weighted by molar-refractivity contribution is 0.132. The predicted molar refractivity (Wildman–Crippen MR) is 101 cm³/mol. The number of nitrogens with zero attached hydrogens (tertiary/aromatic N) is 5. The van der Waals surface area contributed by atoms with Crippen LogP contribution < -0.4 is 4.90 Å². The lowest BCUT2D eigenvalue weighted by atomic mass is 9.99. The van der Waals surface area contributed by atoms with Crippen molar-refractivity contribution >= 4 is 33.4 Å². The molecule has 2 aliphatic heterocycles. The lowest BCUT2D eigenvalue weighted by Crippen LogP contribution is -2.54. The molecule has 134 valence electrons. The monoisotopic (exact) mass is 359 g/mol. The van der Waals surface area contributed by atoms with Gasteiger partial charge in [-0.15, -0.1) is 11.3 Å². The van der Waals surface area contributed by atoms with Gasteiger partial charge in [0.2, 0.25) is 0 Å². The van der Waals surface area contributed by atoms with Gasteiger partial charge in [-0.1, -0.05) is 6.92 Å². The average Bonchev–Trinajstić information content (AvgIpc) is 3.02. The second kappa shape index (κ2) is 6.78. The van der Waals surface area contributed by atoms with Gasteiger partial charge in [-0.05, 0) is 31.7 Å². The third-order valence-corrected chi connectivity index (χ3v) is 6.29. The number of aryl methyl sites for hydroxylation is 1. The molecule has 0 atom stereocenters. The predicted octanol–water partition coefficient (Wildman–Crippen LogP) is 2.97. The maximum absolute atomic E-state index is 12.7. The van der Waals surface area contributed by atoms with Crippen LogP contribution in [0.25, 0.3) is 10.2 Å². The van der Waals surface area contributed by atoms with Crippen molar-refractivity contribution < 1.29 is 4.79 Å². The molecule has 2 aliphatic rings. The molecule has 2 saturated heterocycles. The molecule has 0 aromatic carbocycles. The quantitative estimate of drug-likeness (QED) is 0.785. The van der Waals surface area contributed by atoms with Crippen LogP contribution >= 0.6 is 11.3 Å². The summed E-state index contributed by atoms with van der Waals surface area (Å²) in [6.45, 7) is 9.37. The van der Waals surface area contributed by atoms with Gasteiger partial charge in [-0.2, -0.15) is 0 Å². The molecule has 2 aromatic heterocycles. The molecule has 0 bridgehead atoms. The van der Waals surface area contributed by atoms with Gasteiger partial charge in [0.25, 0.3) is 0 Å². The van der Waals surface area contributed by atoms with Crippen molar-refractivity contribution in [3.63, 3.8) is 0 Å². The van der Waals surface area contributed by atoms with Crippen LogP contribution in [0.4, 0.5) is 10.6 Å². The molecule has 2 fully saturated rings. The van der Waals surface area contributed by atoms with Gasteiger partial charge in [0.15, 0.2) is 0 Å². The van der Waals surface area contributed by atoms with Crippen LogP contribution in [-0.2, 0) is 0 Å². The van der Waals surface area contributed by atoms with Crippen LogP contribution in [-0.4, -0.2) is 65.1 Å². The van der Waals surface area contributed by atoms with Crippen LogP contribution in [0.1, 0.15) is 24.6 Å². The van der Waals surface area contributed by atoms with Crippen LogP contribution in [0, 0.1) is 12.8 Å². The van der Waals surface area contributed by atoms with E-state index in [2.05, 4.69) is 34.8 Å². The largest absolute Gasteiger partial charge is 0.352 e. The number of hydrogen-bond donors (Lipinski definition) is 0. The molecule has 7 heteroatoms. The fourth-order valence-electron chi connectivity index (χ4n) is 3.72. The van der Waals surface area contributed by atoms with E-state index in [1.807, 2.05) is 9.80 Å². The number of rotatable bonds is 1. The minimum absolute atomic E-state index is 0.214. The van der Waals surface area contributed by atoms with E-state index in [-0.39, 0.29) is 6.03 Å². The number of anilines is 1. The van der Waals surface area contributed by atoms with Crippen molar-refractivity contribution in [1.29, 1.82) is 0 Å². The summed E-state index contributed by atoms with van der Waals surface area (Å²) in [6.07, 6.45) is 3.91. The van der Waals surface area contributed by atoms with Gasteiger partial charge < -0.3 is 14.7 Å². The molecular weight excluding hydrogens is 334 g/mol. The van der Waals surface area contributed by atoms with E-state index in [1.165, 1.54) is 4.88 Å². The summed E-state index contributed by atoms with van der Waals surface area (Å²) in [5.41, 5.74) is 0. The van der Waals surface area contributed by atoms with Crippen molar-refractivity contribution in [3.05, 3.63) is 17.3 Å². The Morgan fingerprint density at radius 3 is 2.48 bits per heavy atom. The first kappa shape index (κ1) is 16.6. The number of aromatic nitrogens is 2. The van der Waals surface area contributed by atoms with E-state index >= 15 is 0 Å². The Balaban J connectivity index is 1.42. The normalized spacial score (nSPS) is 19.7. The molecule has 0 N–H and O–H groups in total. The molecule has 4 heterocycles. The summed E-state index contributed by atoms with van der Waals surface area (Å²) in [6, 6.07) is 2.38. The summed E-state index contributed by atoms with van der Waals surface area (Å²) in [4.78, 5) is 30.2. The maximum atomic E-state index is 12.7. The minimum atomic E-state index is 0.214. The Morgan fingerprint density at radius 2 is 1.76 bits per heavy atom. The van der Waals surface area contributed by atoms with Crippen LogP contribution in [0.2, 0.25) is 0 Å². The molecule has 0 spiro atoms. The number of piperazine rings is 1. The molecule has 4 rings (SSSR count). The zero-order valence-electron chi connectivity index (χ0n) is 14.9. The highest BCUT2D eigenvalue weighted by Crippen LogP contribution is 2.30. The number of thiophene rings is 1. The van der Waals surface area contributed by atoms with Crippen molar-refractivity contribution in [1.82, 2.24) is 19.8 Å². The molecule has 0 aliphatic carbocycles. The van der Waals surface area contributed by atoms with Crippen molar-refractivity contribution in [3.8, 4) is 0 Å². The number of piperidine rings is 1. The highest BCUT2D eigenvalue weighted by Gasteiger charge is 2.28. The number of urea groups is 1. The van der Waals surface area contributed by atoms with Gasteiger partial charge in [0.1, 0.15) is 17.0 Å². The first-order valence-electron chi connectivity index (χ1n) is 9.12. The second-order valence-corrected chi connectivity index (χ2v) is 8.43. The summed E-state index contributed by atoms with van der Waals surface area (Å²) in [5, 5.41) is 1.13. The van der Waals surface area contributed by atoms with E-state index in [9.17, 15) is 4.79 Å². The zero-order valence-corrected chi connectivity index (χ0v) is 15.8. The number of likely N-dealkylation sites (tertiary alicyclic amines) is 1. The third kappa shape index (κ3) is 3.29. The molecule has 2 amide bonds. The maximum Gasteiger partial charge on any atom is 0.320 e. The summed E-state index contributed by atoms with van der Waals surface area (Å²) >= 11 is 1.71. The molecular formula is C18H25N5OS. The van der Waals surface area contributed by atoms with Gasteiger partial charge in [-0.25, -0.2) is 14.8 Å². The topological polar surface area (TPSA) is 52.6 Å². The fraction of sp³-hybridized carbons (Fsp3) is 0.611. The number of amides is 2. The Labute approximate surface area is 152 Å². The zero-order chi connectivity index (χ0) is 17.4. The van der Waals surface area contributed by atoms with Crippen molar-refractivity contribution in [2.24, 2.45) is 5.92 Å². The van der Waals surface area contributed by atoms with E-state index in [0.717, 1.165) is 74.1 Å². The SMILES string of the molecule is Cc1cc2c(N3CCN(C(=O)N4CCC(C)CC4)CC3)ncnc2s1. The summed E-state index contributed by atoms with van der Waals surface area (Å²) < 4.78 is 0. The molecule has 0 unspecified atom stereocenters. The highest BCUT2D eigenvalue weighted by atomic mass is 32.1. The Morgan fingerprint density at radius 1 is 1.08 bits per heavy atom. The van der Waals surface area contributed by atoms with E-state index in [0.29, 0.717) is 0 Å². The van der Waals surface area contributed by atoms with E-state index < -0.39 is 0 Å². The van der Waals surface area contributed by atoms with Crippen LogP contribution in [0.5, 0.6) is 0 Å². The highest BCUT2D eigenvalue weighted by molar-refractivity contribution is 7.18. The first-order valence-corrected chi connectivity index (χ1v) is 9.93. The summed E-state index contributed by atoms with van der Waals surface area (Å²) in [5.74, 6) is 1.75. The van der Waals surface area contributed by atoms with E-state index in [4.69, 9.17) is 0 Å². The second-order valence-electron chi connectivity index (χ2n) is 7.20. The van der Waals surface area contributed by atoms with Gasteiger partial charge in [-0.3, -0.25) is 0 Å². The average molecular weight is 359 g/mol. The number of carbonyl (C=O) groups is 1. The lowest BCUT2D eigenvalue weighted by Gasteiger charge is -2.39. The third-order valence-electron chi connectivity index (χ3n) is 5.34. The molecule has 2 aromatic rings. The fourth-order valence-corrected chi connectivity index (χ4v) is 4.57. The van der Waals surface area contributed by atoms with Crippen LogP contribution in [0.15, 0.2) is 12.4 Å². The van der Waals surface area contributed by atoms with Crippen molar-refractivity contribution in [2.45, 2.75) is 26.7 Å². The first-order chi connectivity index (χ1) is 12.1. The molecule has 25 heavy (non-hydrogen) atoms. The Bertz CT molecular complexity index is 760. The van der Waals surface area contributed by atoms with E-state index in [1.54, 1.807) is 17.7 Å². The van der Waals surface area contributed by atoms with Gasteiger partial charge >= 0.3 is 6.03 Å². The van der Waals surface area contributed by atoms with Gasteiger partial charge in [0.05, 0.1) is 5.39 Å². The minimum Gasteiger partial charge on any atom is -0.352 e. The molecule has 0 radical (unpaired) electrons. The smallest absolute Gasteiger partial charge is 0.320 e. The van der Waals surface area contributed by atoms with Crippen LogP contribution in [0.3, 0.4) is 0 Å². The number of carbonyl (C=O) groups excluding carboxylic acids is 1. The Kier molecular flexibility index (Phi) is 4.50. The molecule has 0 saturated carbocycles. The van der Waals surface area contributed by atoms with Crippen molar-refractivity contribution in [2.75, 3.05) is 44.2 Å². The molecule has 6 nitrogen and oxygen atoms in total. The standard InChI is InChI=1S/C18H25N5OS/c1-13-3-5-22(6-4-13)18(24)23-9-7-21(8-10-23)16-15-11-14(2)25-17(15)20-12-19-16/h11-13H,3-10H2,1-2H3. The Hall–Kier alpha value is -1.89. The number of fused-ring (bicyclic) bond motifs is 1. The number of hydrogen-bond acceptors (Lipinski definition) is 5. The van der Waals surface area contributed by atoms with Gasteiger partial charge in [0, 0.05) is 44.1 Å². The summed E-state index contributed by atoms with van der Waals surface area (Å²) in [7, 11) is 0.